The van der Waals surface area contributed by atoms with E-state index in [1.807, 2.05) is 0 Å². The number of hydrogen-bond acceptors (Lipinski definition) is 1. The average Bonchev–Trinajstić information content (AvgIpc) is 1.64. The van der Waals surface area contributed by atoms with E-state index in [4.69, 9.17) is 0 Å². The Bertz CT molecular complexity index is 101. The van der Waals surface area contributed by atoms with Gasteiger partial charge in [-0.3, -0.25) is 0 Å². The van der Waals surface area contributed by atoms with E-state index in [-0.39, 0.29) is 0 Å². The summed E-state index contributed by atoms with van der Waals surface area (Å²) in [6.45, 7) is 2.18. The van der Waals surface area contributed by atoms with Gasteiger partial charge >= 0.3 is 55.4 Å². The Hall–Kier alpha value is 0.189. The summed E-state index contributed by atoms with van der Waals surface area (Å²) in [4.78, 5) is 11.4. The zero-order valence-corrected chi connectivity index (χ0v) is 6.73. The van der Waals surface area contributed by atoms with Crippen molar-refractivity contribution in [2.75, 3.05) is 0 Å². The molecular weight excluding hydrogens is 167 g/mol. The van der Waals surface area contributed by atoms with Crippen LogP contribution in [0.4, 0.5) is 0 Å². The first kappa shape index (κ1) is 6.31. The molecule has 1 saturated heterocycles. The van der Waals surface area contributed by atoms with Crippen molar-refractivity contribution in [3.63, 3.8) is 0 Å². The fraction of sp³-hybridized carbons (Fsp3) is 0.833. The first-order chi connectivity index (χ1) is 3.79. The number of hydrogen-bond donors (Lipinski definition) is 0. The Morgan fingerprint density at radius 1 is 1.75 bits per heavy atom. The maximum atomic E-state index is 10.7. The third kappa shape index (κ3) is 1.61. The van der Waals surface area contributed by atoms with E-state index in [1.165, 1.54) is 6.42 Å². The van der Waals surface area contributed by atoms with Crippen LogP contribution in [-0.2, 0) is 4.79 Å². The molecule has 1 aliphatic rings. The molecule has 0 aromatic carbocycles. The van der Waals surface area contributed by atoms with Crippen LogP contribution in [0.2, 0.25) is 4.82 Å². The van der Waals surface area contributed by atoms with Gasteiger partial charge < -0.3 is 0 Å². The van der Waals surface area contributed by atoms with E-state index >= 15 is 0 Å². The van der Waals surface area contributed by atoms with E-state index in [0.717, 1.165) is 17.7 Å². The zero-order chi connectivity index (χ0) is 5.98. The minimum absolute atomic E-state index is 0.332. The van der Waals surface area contributed by atoms with Gasteiger partial charge in [0.2, 0.25) is 0 Å². The quantitative estimate of drug-likeness (QED) is 0.508. The topological polar surface area (TPSA) is 17.1 Å². The van der Waals surface area contributed by atoms with E-state index in [9.17, 15) is 4.79 Å². The van der Waals surface area contributed by atoms with E-state index in [0.29, 0.717) is 19.6 Å². The van der Waals surface area contributed by atoms with Crippen molar-refractivity contribution in [2.45, 2.75) is 31.0 Å². The van der Waals surface area contributed by atoms with Crippen LogP contribution in [0.25, 0.3) is 0 Å². The Balaban J connectivity index is 2.34. The predicted octanol–water partition coefficient (Wildman–Crippen LogP) is 1.21. The molecule has 0 amide bonds. The Morgan fingerprint density at radius 3 is 2.88 bits per heavy atom. The molecule has 0 saturated carbocycles. The molecule has 0 N–H and O–H groups in total. The Labute approximate surface area is 56.0 Å². The molecule has 8 heavy (non-hydrogen) atoms. The summed E-state index contributed by atoms with van der Waals surface area (Å²) >= 11 is 0.332. The monoisotopic (exact) mass is 178 g/mol. The van der Waals surface area contributed by atoms with Crippen molar-refractivity contribution < 1.29 is 4.79 Å². The summed E-state index contributed by atoms with van der Waals surface area (Å²) in [6, 6.07) is 0. The van der Waals surface area contributed by atoms with Gasteiger partial charge in [-0.05, 0) is 0 Å². The van der Waals surface area contributed by atoms with Crippen LogP contribution in [0.5, 0.6) is 0 Å². The molecular formula is C6H10OSe. The van der Waals surface area contributed by atoms with Crippen molar-refractivity contribution in [1.82, 2.24) is 0 Å². The number of rotatable bonds is 0. The maximum absolute atomic E-state index is 10.7. The van der Waals surface area contributed by atoms with Crippen molar-refractivity contribution in [3.05, 3.63) is 0 Å². The second kappa shape index (κ2) is 2.65. The summed E-state index contributed by atoms with van der Waals surface area (Å²) in [5, 5.41) is 0. The SMILES string of the molecule is CC1CCCC(=O)[Se]1. The van der Waals surface area contributed by atoms with Crippen LogP contribution in [0.15, 0.2) is 0 Å². The summed E-state index contributed by atoms with van der Waals surface area (Å²) < 4.78 is 0.524. The zero-order valence-electron chi connectivity index (χ0n) is 5.02. The third-order valence-electron chi connectivity index (χ3n) is 1.32. The Kier molecular flexibility index (Phi) is 2.09. The third-order valence-corrected chi connectivity index (χ3v) is 3.64. The molecule has 1 atom stereocenters. The molecule has 1 rings (SSSR count). The van der Waals surface area contributed by atoms with E-state index in [1.54, 1.807) is 0 Å². The minimum atomic E-state index is 0.332. The molecule has 1 heterocycles. The van der Waals surface area contributed by atoms with Crippen molar-refractivity contribution >= 4 is 19.6 Å². The fourth-order valence-electron chi connectivity index (χ4n) is 0.876. The fourth-order valence-corrected chi connectivity index (χ4v) is 2.96. The normalized spacial score (nSPS) is 30.6. The molecule has 1 fully saturated rings. The van der Waals surface area contributed by atoms with Crippen LogP contribution < -0.4 is 0 Å². The number of carbonyl (C=O) groups excluding carboxylic acids is 1. The molecule has 0 bridgehead atoms. The van der Waals surface area contributed by atoms with Gasteiger partial charge in [-0.1, -0.05) is 0 Å². The molecule has 46 valence electrons. The van der Waals surface area contributed by atoms with Gasteiger partial charge in [-0.15, -0.1) is 0 Å². The predicted molar refractivity (Wildman–Crippen MR) is 34.0 cm³/mol. The Morgan fingerprint density at radius 2 is 2.50 bits per heavy atom. The molecule has 0 aromatic rings. The van der Waals surface area contributed by atoms with Crippen LogP contribution >= 0.6 is 0 Å². The molecule has 1 aliphatic heterocycles. The van der Waals surface area contributed by atoms with E-state index in [2.05, 4.69) is 6.92 Å². The summed E-state index contributed by atoms with van der Waals surface area (Å²) in [7, 11) is 0. The van der Waals surface area contributed by atoms with Gasteiger partial charge in [0.1, 0.15) is 0 Å². The van der Waals surface area contributed by atoms with Crippen LogP contribution in [0.3, 0.4) is 0 Å². The summed E-state index contributed by atoms with van der Waals surface area (Å²) in [5.41, 5.74) is 0. The molecule has 0 radical (unpaired) electrons. The first-order valence-electron chi connectivity index (χ1n) is 2.98. The van der Waals surface area contributed by atoms with Gasteiger partial charge in [0.25, 0.3) is 0 Å². The van der Waals surface area contributed by atoms with E-state index < -0.39 is 0 Å². The van der Waals surface area contributed by atoms with Gasteiger partial charge in [0, 0.05) is 0 Å². The molecule has 1 unspecified atom stereocenters. The molecule has 0 aromatic heterocycles. The summed E-state index contributed by atoms with van der Waals surface area (Å²) in [5.74, 6) is 0. The average molecular weight is 177 g/mol. The van der Waals surface area contributed by atoms with Gasteiger partial charge in [0.15, 0.2) is 0 Å². The van der Waals surface area contributed by atoms with Crippen molar-refractivity contribution in [1.29, 1.82) is 0 Å². The second-order valence-electron chi connectivity index (χ2n) is 2.19. The molecule has 0 spiro atoms. The van der Waals surface area contributed by atoms with Crippen molar-refractivity contribution in [2.24, 2.45) is 0 Å². The van der Waals surface area contributed by atoms with Gasteiger partial charge in [0.05, 0.1) is 0 Å². The molecule has 2 heteroatoms. The summed E-state index contributed by atoms with van der Waals surface area (Å²) in [6.07, 6.45) is 3.29. The van der Waals surface area contributed by atoms with Crippen molar-refractivity contribution in [3.8, 4) is 0 Å². The van der Waals surface area contributed by atoms with Crippen LogP contribution in [0, 0.1) is 0 Å². The number of carbonyl (C=O) groups is 1. The molecule has 1 nitrogen and oxygen atoms in total. The second-order valence-corrected chi connectivity index (χ2v) is 5.33. The van der Waals surface area contributed by atoms with Gasteiger partial charge in [-0.25, -0.2) is 0 Å². The van der Waals surface area contributed by atoms with Gasteiger partial charge in [-0.2, -0.15) is 0 Å². The first-order valence-corrected chi connectivity index (χ1v) is 4.83. The standard InChI is InChI=1S/C6H10OSe/c1-5-3-2-4-6(7)8-5/h5H,2-4H2,1H3. The molecule has 0 aliphatic carbocycles. The van der Waals surface area contributed by atoms with Crippen LogP contribution in [0.1, 0.15) is 26.2 Å². The van der Waals surface area contributed by atoms with Crippen LogP contribution in [-0.4, -0.2) is 19.6 Å².